The monoisotopic (exact) mass is 466 g/mol. The van der Waals surface area contributed by atoms with Gasteiger partial charge in [-0.2, -0.15) is 0 Å². The number of rotatable bonds is 9. The number of hydrogen-bond acceptors (Lipinski definition) is 2. The Hall–Kier alpha value is -3.66. The summed E-state index contributed by atoms with van der Waals surface area (Å²) in [6, 6.07) is 26.4. The van der Waals surface area contributed by atoms with Crippen LogP contribution in [0.4, 0.5) is 0 Å². The van der Waals surface area contributed by atoms with E-state index in [0.29, 0.717) is 25.3 Å². The molecule has 0 bridgehead atoms. The van der Waals surface area contributed by atoms with Crippen molar-refractivity contribution in [1.29, 1.82) is 0 Å². The molecule has 0 aliphatic rings. The van der Waals surface area contributed by atoms with Gasteiger partial charge in [-0.25, -0.2) is 0 Å². The summed E-state index contributed by atoms with van der Waals surface area (Å²) in [7, 11) is 0. The normalized spacial score (nSPS) is 11.8. The number of carbonyl (C=O) groups excluding carboxylic acids is 2. The van der Waals surface area contributed by atoms with Crippen molar-refractivity contribution in [3.63, 3.8) is 0 Å². The average molecular weight is 467 g/mol. The van der Waals surface area contributed by atoms with E-state index in [9.17, 15) is 9.59 Å². The van der Waals surface area contributed by atoms with E-state index in [0.717, 1.165) is 33.3 Å². The molecule has 0 atom stereocenters. The van der Waals surface area contributed by atoms with Gasteiger partial charge in [0.2, 0.25) is 5.91 Å². The smallest absolute Gasteiger partial charge is 0.224 e. The Balaban J connectivity index is 1.95. The molecule has 0 aliphatic carbocycles. The summed E-state index contributed by atoms with van der Waals surface area (Å²) in [5.41, 5.74) is 10.8. The van der Waals surface area contributed by atoms with Gasteiger partial charge in [-0.1, -0.05) is 80.6 Å². The molecule has 0 aliphatic heterocycles. The molecule has 35 heavy (non-hydrogen) atoms. The van der Waals surface area contributed by atoms with Crippen molar-refractivity contribution in [3.05, 3.63) is 95.6 Å². The highest BCUT2D eigenvalue weighted by Gasteiger charge is 2.31. The summed E-state index contributed by atoms with van der Waals surface area (Å²) in [6.07, 6.45) is 1.09. The highest BCUT2D eigenvalue weighted by atomic mass is 16.1. The lowest BCUT2D eigenvalue weighted by Crippen LogP contribution is -2.35. The highest BCUT2D eigenvalue weighted by Crippen LogP contribution is 2.38. The van der Waals surface area contributed by atoms with Crippen LogP contribution < -0.4 is 5.73 Å². The lowest BCUT2D eigenvalue weighted by Gasteiger charge is -2.24. The summed E-state index contributed by atoms with van der Waals surface area (Å²) >= 11 is 0. The van der Waals surface area contributed by atoms with Gasteiger partial charge in [0.15, 0.2) is 5.78 Å². The molecule has 1 aromatic heterocycles. The van der Waals surface area contributed by atoms with Gasteiger partial charge in [-0.05, 0) is 55.0 Å². The number of aromatic nitrogens is 1. The number of aryl methyl sites for hydroxylation is 1. The van der Waals surface area contributed by atoms with Gasteiger partial charge in [0.25, 0.3) is 0 Å². The number of nitrogens with zero attached hydrogens (tertiary/aromatic N) is 1. The zero-order valence-electron chi connectivity index (χ0n) is 21.0. The van der Waals surface area contributed by atoms with E-state index in [1.807, 2.05) is 62.4 Å². The fraction of sp³-hybridized carbons (Fsp3) is 0.290. The molecule has 4 heteroatoms. The first-order valence-corrected chi connectivity index (χ1v) is 12.3. The fourth-order valence-corrected chi connectivity index (χ4v) is 4.57. The van der Waals surface area contributed by atoms with Crippen molar-refractivity contribution in [2.75, 3.05) is 0 Å². The van der Waals surface area contributed by atoms with Gasteiger partial charge < -0.3 is 10.3 Å². The van der Waals surface area contributed by atoms with Crippen molar-refractivity contribution in [2.24, 2.45) is 11.1 Å². The maximum absolute atomic E-state index is 13.9. The molecule has 0 saturated heterocycles. The first-order chi connectivity index (χ1) is 16.7. The molecule has 0 radical (unpaired) electrons. The van der Waals surface area contributed by atoms with Gasteiger partial charge >= 0.3 is 0 Å². The van der Waals surface area contributed by atoms with Crippen LogP contribution in [-0.4, -0.2) is 16.3 Å². The standard InChI is InChI=1S/C31H34N2O2/c1-21(2)24-16-17-26-25(19-24)28(27(34)18-15-22-11-7-5-8-12-22)29(23-13-9-6-10-14-23)33(26)20-31(3,4)30(32)35/h5-14,16-17,19,21H,15,18,20H2,1-4H3,(H2,32,35). The largest absolute Gasteiger partial charge is 0.369 e. The van der Waals surface area contributed by atoms with Crippen LogP contribution in [0.25, 0.3) is 22.2 Å². The van der Waals surface area contributed by atoms with Gasteiger partial charge in [-0.3, -0.25) is 9.59 Å². The minimum Gasteiger partial charge on any atom is -0.369 e. The molecular weight excluding hydrogens is 432 g/mol. The van der Waals surface area contributed by atoms with E-state index in [1.54, 1.807) is 0 Å². The van der Waals surface area contributed by atoms with Crippen molar-refractivity contribution in [1.82, 2.24) is 4.57 Å². The summed E-state index contributed by atoms with van der Waals surface area (Å²) < 4.78 is 2.12. The van der Waals surface area contributed by atoms with Gasteiger partial charge in [0, 0.05) is 23.9 Å². The maximum atomic E-state index is 13.9. The van der Waals surface area contributed by atoms with E-state index >= 15 is 0 Å². The van der Waals surface area contributed by atoms with E-state index in [4.69, 9.17) is 5.73 Å². The Morgan fingerprint density at radius 3 is 2.14 bits per heavy atom. The average Bonchev–Trinajstić information content (AvgIpc) is 3.16. The molecule has 1 amide bonds. The predicted octanol–water partition coefficient (Wildman–Crippen LogP) is 6.76. The van der Waals surface area contributed by atoms with Gasteiger partial charge in [0.05, 0.1) is 16.7 Å². The van der Waals surface area contributed by atoms with Crippen molar-refractivity contribution < 1.29 is 9.59 Å². The summed E-state index contributed by atoms with van der Waals surface area (Å²) in [6.45, 7) is 8.41. The molecule has 0 spiro atoms. The van der Waals surface area contributed by atoms with Crippen LogP contribution >= 0.6 is 0 Å². The van der Waals surface area contributed by atoms with Gasteiger partial charge in [-0.15, -0.1) is 0 Å². The Morgan fingerprint density at radius 2 is 1.54 bits per heavy atom. The minimum atomic E-state index is -0.781. The minimum absolute atomic E-state index is 0.106. The lowest BCUT2D eigenvalue weighted by atomic mass is 9.92. The fourth-order valence-electron chi connectivity index (χ4n) is 4.57. The molecule has 3 aromatic carbocycles. The van der Waals surface area contributed by atoms with Crippen LogP contribution in [-0.2, 0) is 17.8 Å². The molecule has 0 saturated carbocycles. The number of nitrogens with two attached hydrogens (primary N) is 1. The summed E-state index contributed by atoms with van der Waals surface area (Å²) in [5.74, 6) is 0.0700. The Labute approximate surface area is 207 Å². The topological polar surface area (TPSA) is 65.1 Å². The van der Waals surface area contributed by atoms with E-state index < -0.39 is 5.41 Å². The SMILES string of the molecule is CC(C)c1ccc2c(c1)c(C(=O)CCc1ccccc1)c(-c1ccccc1)n2CC(C)(C)C(N)=O. The van der Waals surface area contributed by atoms with Gasteiger partial charge in [0.1, 0.15) is 0 Å². The van der Waals surface area contributed by atoms with Crippen LogP contribution in [0.5, 0.6) is 0 Å². The molecule has 4 rings (SSSR count). The quantitative estimate of drug-likeness (QED) is 0.277. The second-order valence-corrected chi connectivity index (χ2v) is 10.3. The van der Waals surface area contributed by atoms with E-state index in [2.05, 4.69) is 48.7 Å². The van der Waals surface area contributed by atoms with Crippen molar-refractivity contribution in [2.45, 2.75) is 53.0 Å². The Morgan fingerprint density at radius 1 is 0.914 bits per heavy atom. The number of Topliss-reactive ketones (excluding diaryl/α,β-unsaturated/α-hetero) is 1. The predicted molar refractivity (Wildman–Crippen MR) is 144 cm³/mol. The zero-order chi connectivity index (χ0) is 25.2. The van der Waals surface area contributed by atoms with Crippen molar-refractivity contribution >= 4 is 22.6 Å². The summed E-state index contributed by atoms with van der Waals surface area (Å²) in [4.78, 5) is 26.2. The highest BCUT2D eigenvalue weighted by molar-refractivity contribution is 6.14. The molecule has 0 unspecified atom stereocenters. The third-order valence-electron chi connectivity index (χ3n) is 6.78. The molecule has 4 nitrogen and oxygen atoms in total. The molecule has 0 fully saturated rings. The molecule has 2 N–H and O–H groups in total. The Bertz CT molecular complexity index is 1350. The van der Waals surface area contributed by atoms with Crippen LogP contribution in [0.2, 0.25) is 0 Å². The number of benzene rings is 3. The lowest BCUT2D eigenvalue weighted by molar-refractivity contribution is -0.126. The number of amides is 1. The van der Waals surface area contributed by atoms with E-state index in [-0.39, 0.29) is 11.7 Å². The number of carbonyl (C=O) groups is 2. The molecule has 4 aromatic rings. The third kappa shape index (κ3) is 5.07. The van der Waals surface area contributed by atoms with Crippen LogP contribution in [0, 0.1) is 5.41 Å². The first kappa shape index (κ1) is 24.5. The third-order valence-corrected chi connectivity index (χ3v) is 6.78. The second kappa shape index (κ2) is 9.91. The maximum Gasteiger partial charge on any atom is 0.224 e. The summed E-state index contributed by atoms with van der Waals surface area (Å²) in [5, 5.41) is 0.938. The van der Waals surface area contributed by atoms with E-state index in [1.165, 1.54) is 5.56 Å². The second-order valence-electron chi connectivity index (χ2n) is 10.3. The molecule has 1 heterocycles. The van der Waals surface area contributed by atoms with Crippen LogP contribution in [0.1, 0.15) is 61.5 Å². The zero-order valence-corrected chi connectivity index (χ0v) is 21.0. The van der Waals surface area contributed by atoms with Crippen molar-refractivity contribution in [3.8, 4) is 11.3 Å². The Kier molecular flexibility index (Phi) is 6.93. The van der Waals surface area contributed by atoms with Crippen LogP contribution in [0.15, 0.2) is 78.9 Å². The van der Waals surface area contributed by atoms with Crippen LogP contribution in [0.3, 0.4) is 0 Å². The number of primary amides is 1. The number of hydrogen-bond donors (Lipinski definition) is 1. The number of ketones is 1. The molecule has 180 valence electrons. The molecular formula is C31H34N2O2. The first-order valence-electron chi connectivity index (χ1n) is 12.3. The number of fused-ring (bicyclic) bond motifs is 1.